The van der Waals surface area contributed by atoms with E-state index in [0.29, 0.717) is 35.8 Å². The van der Waals surface area contributed by atoms with E-state index >= 15 is 0 Å². The summed E-state index contributed by atoms with van der Waals surface area (Å²) in [5.41, 5.74) is -0.174. The maximum Gasteiger partial charge on any atom is 0.232 e. The molecule has 0 saturated carbocycles. The summed E-state index contributed by atoms with van der Waals surface area (Å²) >= 11 is 5.89. The maximum absolute atomic E-state index is 5.89. The molecule has 2 aromatic rings. The molecule has 1 aromatic heterocycles. The number of rotatable bonds is 7. The third kappa shape index (κ3) is 8.22. The Labute approximate surface area is 188 Å². The predicted octanol–water partition coefficient (Wildman–Crippen LogP) is 4.16. The standard InChI is InChI=1S/C19H28ClN5O2.HI/c1-6-21-18(23-12-16-24-17(27-25-16)19(3,4)5)22-11-13(2)26-15-9-7-14(20)8-10-15;/h7-10,13H,6,11-12H2,1-5H3,(H2,21,22,23);1H. The van der Waals surface area contributed by atoms with Crippen LogP contribution in [-0.2, 0) is 12.0 Å². The van der Waals surface area contributed by atoms with E-state index in [4.69, 9.17) is 20.9 Å². The van der Waals surface area contributed by atoms with Gasteiger partial charge in [0.05, 0.1) is 6.54 Å². The van der Waals surface area contributed by atoms with E-state index in [1.807, 2.05) is 46.8 Å². The lowest BCUT2D eigenvalue weighted by Crippen LogP contribution is -2.41. The molecule has 156 valence electrons. The first-order chi connectivity index (χ1) is 12.8. The molecule has 0 saturated heterocycles. The van der Waals surface area contributed by atoms with Gasteiger partial charge in [0.1, 0.15) is 18.4 Å². The largest absolute Gasteiger partial charge is 0.489 e. The number of guanidine groups is 1. The minimum atomic E-state index is -0.174. The van der Waals surface area contributed by atoms with Gasteiger partial charge in [0.25, 0.3) is 0 Å². The van der Waals surface area contributed by atoms with Crippen molar-refractivity contribution >= 4 is 41.5 Å². The zero-order valence-electron chi connectivity index (χ0n) is 17.0. The van der Waals surface area contributed by atoms with Gasteiger partial charge in [0.2, 0.25) is 5.89 Å². The number of nitrogens with zero attached hydrogens (tertiary/aromatic N) is 3. The molecule has 1 unspecified atom stereocenters. The second kappa shape index (κ2) is 11.5. The minimum absolute atomic E-state index is 0. The van der Waals surface area contributed by atoms with E-state index in [1.165, 1.54) is 0 Å². The molecule has 7 nitrogen and oxygen atoms in total. The summed E-state index contributed by atoms with van der Waals surface area (Å²) in [7, 11) is 0. The summed E-state index contributed by atoms with van der Waals surface area (Å²) < 4.78 is 11.2. The normalized spacial score (nSPS) is 12.9. The van der Waals surface area contributed by atoms with Crippen LogP contribution in [0.2, 0.25) is 5.02 Å². The summed E-state index contributed by atoms with van der Waals surface area (Å²) in [4.78, 5) is 8.90. The van der Waals surface area contributed by atoms with Gasteiger partial charge < -0.3 is 19.9 Å². The van der Waals surface area contributed by atoms with Crippen LogP contribution in [-0.4, -0.2) is 35.3 Å². The molecule has 0 spiro atoms. The Kier molecular flexibility index (Phi) is 10.0. The first-order valence-corrected chi connectivity index (χ1v) is 9.43. The lowest BCUT2D eigenvalue weighted by molar-refractivity contribution is 0.224. The van der Waals surface area contributed by atoms with Crippen LogP contribution in [0.25, 0.3) is 0 Å². The van der Waals surface area contributed by atoms with Crippen molar-refractivity contribution in [3.8, 4) is 5.75 Å². The number of hydrogen-bond acceptors (Lipinski definition) is 5. The van der Waals surface area contributed by atoms with Gasteiger partial charge in [-0.15, -0.1) is 24.0 Å². The van der Waals surface area contributed by atoms with Crippen molar-refractivity contribution in [2.45, 2.75) is 52.7 Å². The quantitative estimate of drug-likeness (QED) is 0.323. The first kappa shape index (κ1) is 24.5. The highest BCUT2D eigenvalue weighted by atomic mass is 127. The van der Waals surface area contributed by atoms with Crippen LogP contribution in [0, 0.1) is 0 Å². The molecule has 9 heteroatoms. The summed E-state index contributed by atoms with van der Waals surface area (Å²) in [6.07, 6.45) is -0.0484. The van der Waals surface area contributed by atoms with Gasteiger partial charge in [-0.1, -0.05) is 37.5 Å². The van der Waals surface area contributed by atoms with E-state index in [-0.39, 0.29) is 35.5 Å². The molecular weight excluding hydrogens is 493 g/mol. The third-order valence-electron chi connectivity index (χ3n) is 3.54. The van der Waals surface area contributed by atoms with E-state index in [0.717, 1.165) is 12.3 Å². The molecule has 0 fully saturated rings. The number of hydrogen-bond donors (Lipinski definition) is 2. The Balaban J connectivity index is 0.00000392. The van der Waals surface area contributed by atoms with Crippen molar-refractivity contribution in [3.63, 3.8) is 0 Å². The molecule has 1 atom stereocenters. The number of ether oxygens (including phenoxy) is 1. The highest BCUT2D eigenvalue weighted by Crippen LogP contribution is 2.19. The van der Waals surface area contributed by atoms with E-state index < -0.39 is 0 Å². The fraction of sp³-hybridized carbons (Fsp3) is 0.526. The van der Waals surface area contributed by atoms with Crippen molar-refractivity contribution in [1.29, 1.82) is 0 Å². The molecule has 0 aliphatic rings. The Hall–Kier alpha value is -1.55. The highest BCUT2D eigenvalue weighted by molar-refractivity contribution is 14.0. The van der Waals surface area contributed by atoms with Crippen molar-refractivity contribution in [2.24, 2.45) is 4.99 Å². The molecule has 1 heterocycles. The van der Waals surface area contributed by atoms with Crippen LogP contribution in [0.5, 0.6) is 5.75 Å². The van der Waals surface area contributed by atoms with Crippen LogP contribution in [0.1, 0.15) is 46.3 Å². The lowest BCUT2D eigenvalue weighted by Gasteiger charge is -2.17. The third-order valence-corrected chi connectivity index (χ3v) is 3.79. The van der Waals surface area contributed by atoms with Crippen LogP contribution in [0.4, 0.5) is 0 Å². The molecule has 2 N–H and O–H groups in total. The van der Waals surface area contributed by atoms with Gasteiger partial charge in [-0.05, 0) is 38.1 Å². The van der Waals surface area contributed by atoms with Crippen molar-refractivity contribution in [2.75, 3.05) is 13.1 Å². The Morgan fingerprint density at radius 3 is 2.50 bits per heavy atom. The van der Waals surface area contributed by atoms with Crippen LogP contribution >= 0.6 is 35.6 Å². The Morgan fingerprint density at radius 1 is 1.25 bits per heavy atom. The molecule has 0 radical (unpaired) electrons. The number of aliphatic imine (C=N–C) groups is 1. The van der Waals surface area contributed by atoms with Crippen LogP contribution < -0.4 is 15.4 Å². The van der Waals surface area contributed by atoms with Gasteiger partial charge in [0, 0.05) is 17.0 Å². The Bertz CT molecular complexity index is 744. The van der Waals surface area contributed by atoms with E-state index in [1.54, 1.807) is 12.1 Å². The molecule has 0 bridgehead atoms. The summed E-state index contributed by atoms with van der Waals surface area (Å²) in [6.45, 7) is 11.8. The van der Waals surface area contributed by atoms with Crippen molar-refractivity contribution < 1.29 is 9.26 Å². The second-order valence-electron chi connectivity index (χ2n) is 7.22. The number of benzene rings is 1. The monoisotopic (exact) mass is 521 g/mol. The van der Waals surface area contributed by atoms with Gasteiger partial charge in [-0.25, -0.2) is 4.99 Å². The minimum Gasteiger partial charge on any atom is -0.489 e. The van der Waals surface area contributed by atoms with Crippen LogP contribution in [0.3, 0.4) is 0 Å². The van der Waals surface area contributed by atoms with Crippen molar-refractivity contribution in [3.05, 3.63) is 41.0 Å². The molecule has 2 rings (SSSR count). The molecule has 1 aromatic carbocycles. The fourth-order valence-electron chi connectivity index (χ4n) is 2.14. The average molecular weight is 522 g/mol. The SMILES string of the molecule is CCNC(=NCc1noc(C(C)(C)C)n1)NCC(C)Oc1ccc(Cl)cc1.I. The molecular formula is C19H29ClIN5O2. The number of aromatic nitrogens is 2. The lowest BCUT2D eigenvalue weighted by atomic mass is 9.97. The molecule has 28 heavy (non-hydrogen) atoms. The van der Waals surface area contributed by atoms with E-state index in [2.05, 4.69) is 25.8 Å². The second-order valence-corrected chi connectivity index (χ2v) is 7.66. The predicted molar refractivity (Wildman–Crippen MR) is 123 cm³/mol. The molecule has 0 aliphatic heterocycles. The van der Waals surface area contributed by atoms with Crippen LogP contribution in [0.15, 0.2) is 33.8 Å². The molecule has 0 aliphatic carbocycles. The van der Waals surface area contributed by atoms with E-state index in [9.17, 15) is 0 Å². The van der Waals surface area contributed by atoms with Gasteiger partial charge in [0.15, 0.2) is 11.8 Å². The zero-order chi connectivity index (χ0) is 19.9. The first-order valence-electron chi connectivity index (χ1n) is 9.05. The zero-order valence-corrected chi connectivity index (χ0v) is 20.0. The highest BCUT2D eigenvalue weighted by Gasteiger charge is 2.21. The number of halogens is 2. The summed E-state index contributed by atoms with van der Waals surface area (Å²) in [5.74, 6) is 2.61. The smallest absolute Gasteiger partial charge is 0.232 e. The Morgan fingerprint density at radius 2 is 1.93 bits per heavy atom. The van der Waals surface area contributed by atoms with Gasteiger partial charge >= 0.3 is 0 Å². The summed E-state index contributed by atoms with van der Waals surface area (Å²) in [6, 6.07) is 7.31. The average Bonchev–Trinajstić information content (AvgIpc) is 3.09. The molecule has 0 amide bonds. The van der Waals surface area contributed by atoms with Crippen molar-refractivity contribution in [1.82, 2.24) is 20.8 Å². The van der Waals surface area contributed by atoms with Gasteiger partial charge in [-0.3, -0.25) is 0 Å². The number of nitrogens with one attached hydrogen (secondary N) is 2. The maximum atomic E-state index is 5.89. The topological polar surface area (TPSA) is 84.6 Å². The summed E-state index contributed by atoms with van der Waals surface area (Å²) in [5, 5.41) is 11.1. The van der Waals surface area contributed by atoms with Gasteiger partial charge in [-0.2, -0.15) is 4.98 Å². The fourth-order valence-corrected chi connectivity index (χ4v) is 2.27.